The summed E-state index contributed by atoms with van der Waals surface area (Å²) < 4.78 is 6.46. The number of anilines is 1. The number of nitrogens with zero attached hydrogens (tertiary/aromatic N) is 1. The lowest BCUT2D eigenvalue weighted by Crippen LogP contribution is -2.49. The van der Waals surface area contributed by atoms with Crippen LogP contribution in [-0.4, -0.2) is 36.5 Å². The maximum atomic E-state index is 13.2. The van der Waals surface area contributed by atoms with Crippen LogP contribution in [0.5, 0.6) is 0 Å². The normalized spacial score (nSPS) is 21.4. The van der Waals surface area contributed by atoms with Gasteiger partial charge < -0.3 is 4.74 Å². The van der Waals surface area contributed by atoms with E-state index in [-0.39, 0.29) is 30.1 Å². The molecule has 218 valence electrons. The summed E-state index contributed by atoms with van der Waals surface area (Å²) in [6, 6.07) is 4.96. The van der Waals surface area contributed by atoms with E-state index in [2.05, 4.69) is 45.3 Å². The molecule has 40 heavy (non-hydrogen) atoms. The molecule has 6 nitrogen and oxygen atoms in total. The average molecular weight is 549 g/mol. The van der Waals surface area contributed by atoms with Crippen molar-refractivity contribution in [3.63, 3.8) is 0 Å². The Bertz CT molecular complexity index is 1150. The number of hydrogen-bond acceptors (Lipinski definition) is 4. The number of imide groups is 1. The average Bonchev–Trinajstić information content (AvgIpc) is 3.33. The monoisotopic (exact) mass is 548 g/mol. The fraction of sp³-hybridized carbons (Fsp3) is 0.559. The van der Waals surface area contributed by atoms with Gasteiger partial charge in [-0.1, -0.05) is 74.8 Å². The van der Waals surface area contributed by atoms with Crippen LogP contribution in [0.3, 0.4) is 0 Å². The third-order valence-corrected chi connectivity index (χ3v) is 8.32. The summed E-state index contributed by atoms with van der Waals surface area (Å²) in [5.41, 5.74) is 5.54. The third-order valence-electron chi connectivity index (χ3n) is 8.32. The van der Waals surface area contributed by atoms with Gasteiger partial charge in [0.15, 0.2) is 5.78 Å². The van der Waals surface area contributed by atoms with E-state index in [1.165, 1.54) is 22.5 Å². The topological polar surface area (TPSA) is 75.7 Å². The van der Waals surface area contributed by atoms with Gasteiger partial charge in [0.05, 0.1) is 12.2 Å². The van der Waals surface area contributed by atoms with Crippen LogP contribution in [0.2, 0.25) is 0 Å². The highest BCUT2D eigenvalue weighted by Gasteiger charge is 2.40. The second kappa shape index (κ2) is 14.6. The molecule has 3 rings (SSSR count). The zero-order valence-corrected chi connectivity index (χ0v) is 25.1. The molecule has 2 saturated heterocycles. The van der Waals surface area contributed by atoms with Crippen LogP contribution in [0, 0.1) is 12.8 Å². The Labute approximate surface area is 240 Å². The molecule has 2 atom stereocenters. The Morgan fingerprint density at radius 2 is 1.93 bits per heavy atom. The van der Waals surface area contributed by atoms with Gasteiger partial charge in [0.1, 0.15) is 0 Å². The quantitative estimate of drug-likeness (QED) is 0.178. The Morgan fingerprint density at radius 1 is 1.15 bits per heavy atom. The predicted octanol–water partition coefficient (Wildman–Crippen LogP) is 8.01. The van der Waals surface area contributed by atoms with Gasteiger partial charge in [-0.2, -0.15) is 0 Å². The maximum absolute atomic E-state index is 13.2. The first kappa shape index (κ1) is 31.5. The summed E-state index contributed by atoms with van der Waals surface area (Å²) in [5.74, 6) is 0.0868. The van der Waals surface area contributed by atoms with Gasteiger partial charge in [0.25, 0.3) is 0 Å². The first-order chi connectivity index (χ1) is 19.1. The fourth-order valence-electron chi connectivity index (χ4n) is 5.93. The van der Waals surface area contributed by atoms with Crippen LogP contribution in [0.4, 0.5) is 10.5 Å². The zero-order valence-electron chi connectivity index (χ0n) is 25.1. The molecular weight excluding hydrogens is 500 g/mol. The Morgan fingerprint density at radius 3 is 2.62 bits per heavy atom. The molecule has 1 aromatic rings. The zero-order chi connectivity index (χ0) is 29.3. The van der Waals surface area contributed by atoms with Gasteiger partial charge in [-0.15, -0.1) is 0 Å². The summed E-state index contributed by atoms with van der Waals surface area (Å²) in [4.78, 5) is 38.6. The van der Waals surface area contributed by atoms with Crippen molar-refractivity contribution in [3.05, 3.63) is 65.3 Å². The van der Waals surface area contributed by atoms with E-state index < -0.39 is 6.03 Å². The molecule has 2 aliphatic heterocycles. The van der Waals surface area contributed by atoms with Crippen molar-refractivity contribution >= 4 is 23.4 Å². The number of allylic oxidation sites excluding steroid dienone is 3. The number of urea groups is 1. The van der Waals surface area contributed by atoms with Gasteiger partial charge >= 0.3 is 6.03 Å². The Balaban J connectivity index is 1.56. The third kappa shape index (κ3) is 8.50. The number of carbonyl (C=O) groups excluding carboxylic acids is 3. The first-order valence-corrected chi connectivity index (χ1v) is 15.0. The van der Waals surface area contributed by atoms with E-state index in [4.69, 9.17) is 4.74 Å². The molecule has 0 bridgehead atoms. The first-order valence-electron chi connectivity index (χ1n) is 15.0. The van der Waals surface area contributed by atoms with Crippen LogP contribution < -0.4 is 10.2 Å². The standard InChI is InChI=1S/C34H48N2O4/c1-7-10-24(3)11-9-12-26(5)29-22-34(17-8-2,40-23-29)18-15-25(4)20-31(37)28-14-13-27(6)30(21-28)36-19-16-32(38)35-33(36)39/h11,13-14,21,29H,4-5,7-10,12,15-20,22-23H2,1-3,6H3,(H,35,38,39)/b24-11-. The van der Waals surface area contributed by atoms with Crippen molar-refractivity contribution in [2.24, 2.45) is 5.92 Å². The number of Topliss-reactive ketones (excluding diaryl/α,β-unsaturated/α-hetero) is 1. The summed E-state index contributed by atoms with van der Waals surface area (Å²) in [6.07, 6.45) is 11.9. The minimum absolute atomic E-state index is 0.0192. The molecule has 1 N–H and O–H groups in total. The molecule has 3 amide bonds. The van der Waals surface area contributed by atoms with Crippen LogP contribution >= 0.6 is 0 Å². The number of hydrogen-bond donors (Lipinski definition) is 1. The maximum Gasteiger partial charge on any atom is 0.328 e. The highest BCUT2D eigenvalue weighted by atomic mass is 16.5. The van der Waals surface area contributed by atoms with Crippen molar-refractivity contribution in [1.29, 1.82) is 0 Å². The van der Waals surface area contributed by atoms with E-state index in [1.807, 2.05) is 13.0 Å². The summed E-state index contributed by atoms with van der Waals surface area (Å²) in [6.45, 7) is 18.2. The molecule has 0 aromatic heterocycles. The predicted molar refractivity (Wildman–Crippen MR) is 163 cm³/mol. The Hall–Kier alpha value is -2.99. The number of nitrogens with one attached hydrogen (secondary N) is 1. The van der Waals surface area contributed by atoms with E-state index in [9.17, 15) is 14.4 Å². The number of benzene rings is 1. The molecule has 0 aliphatic carbocycles. The van der Waals surface area contributed by atoms with Crippen LogP contribution in [-0.2, 0) is 9.53 Å². The van der Waals surface area contributed by atoms with Gasteiger partial charge in [0.2, 0.25) is 5.91 Å². The lowest BCUT2D eigenvalue weighted by atomic mass is 9.82. The van der Waals surface area contributed by atoms with E-state index >= 15 is 0 Å². The molecule has 1 aromatic carbocycles. The van der Waals surface area contributed by atoms with E-state index in [0.717, 1.165) is 69.1 Å². The van der Waals surface area contributed by atoms with Gasteiger partial charge in [-0.3, -0.25) is 19.8 Å². The van der Waals surface area contributed by atoms with Gasteiger partial charge in [0, 0.05) is 36.6 Å². The summed E-state index contributed by atoms with van der Waals surface area (Å²) >= 11 is 0. The lowest BCUT2D eigenvalue weighted by molar-refractivity contribution is -0.120. The SMILES string of the molecule is C=C(CCC1(CCC)CC(C(=C)CC/C=C(/C)CCC)CO1)CC(=O)c1ccc(C)c(N2CCC(=O)NC2=O)c1. The van der Waals surface area contributed by atoms with Gasteiger partial charge in [-0.05, 0) is 70.4 Å². The van der Waals surface area contributed by atoms with Crippen LogP contribution in [0.15, 0.2) is 54.2 Å². The molecule has 2 unspecified atom stereocenters. The molecule has 0 saturated carbocycles. The number of ether oxygens (including phenoxy) is 1. The number of rotatable bonds is 15. The number of aryl methyl sites for hydroxylation is 1. The van der Waals surface area contributed by atoms with Crippen molar-refractivity contribution in [2.75, 3.05) is 18.1 Å². The number of carbonyl (C=O) groups is 3. The largest absolute Gasteiger partial charge is 0.374 e. The molecular formula is C34H48N2O4. The molecule has 2 heterocycles. The second-order valence-electron chi connectivity index (χ2n) is 11.7. The summed E-state index contributed by atoms with van der Waals surface area (Å²) in [7, 11) is 0. The lowest BCUT2D eigenvalue weighted by Gasteiger charge is -2.29. The molecule has 2 aliphatic rings. The van der Waals surface area contributed by atoms with Crippen molar-refractivity contribution in [1.82, 2.24) is 5.32 Å². The van der Waals surface area contributed by atoms with Crippen LogP contribution in [0.25, 0.3) is 0 Å². The Kier molecular flexibility index (Phi) is 11.5. The van der Waals surface area contributed by atoms with E-state index in [1.54, 1.807) is 12.1 Å². The minimum atomic E-state index is -0.449. The molecule has 0 radical (unpaired) electrons. The van der Waals surface area contributed by atoms with Crippen LogP contribution in [0.1, 0.15) is 107 Å². The second-order valence-corrected chi connectivity index (χ2v) is 11.7. The highest BCUT2D eigenvalue weighted by molar-refractivity contribution is 6.07. The summed E-state index contributed by atoms with van der Waals surface area (Å²) in [5, 5.41) is 2.35. The van der Waals surface area contributed by atoms with Crippen molar-refractivity contribution < 1.29 is 19.1 Å². The molecule has 2 fully saturated rings. The minimum Gasteiger partial charge on any atom is -0.374 e. The van der Waals surface area contributed by atoms with E-state index in [0.29, 0.717) is 23.7 Å². The fourth-order valence-corrected chi connectivity index (χ4v) is 5.93. The smallest absolute Gasteiger partial charge is 0.328 e. The van der Waals surface area contributed by atoms with Gasteiger partial charge in [-0.25, -0.2) is 4.79 Å². The molecule has 6 heteroatoms. The number of ketones is 1. The molecule has 0 spiro atoms. The number of amides is 3. The van der Waals surface area contributed by atoms with Crippen molar-refractivity contribution in [3.8, 4) is 0 Å². The highest BCUT2D eigenvalue weighted by Crippen LogP contribution is 2.42. The van der Waals surface area contributed by atoms with Crippen molar-refractivity contribution in [2.45, 2.75) is 104 Å².